The fourth-order valence-corrected chi connectivity index (χ4v) is 1.98. The second-order valence-electron chi connectivity index (χ2n) is 4.64. The number of aliphatic hydroxyl groups excluding tert-OH is 1. The minimum absolute atomic E-state index is 0.0570. The van der Waals surface area contributed by atoms with Crippen molar-refractivity contribution in [3.63, 3.8) is 0 Å². The Morgan fingerprint density at radius 3 is 2.78 bits per heavy atom. The van der Waals surface area contributed by atoms with Crippen LogP contribution in [0.3, 0.4) is 0 Å². The first kappa shape index (κ1) is 14.7. The molecule has 0 aromatic heterocycles. The maximum absolute atomic E-state index is 11.8. The number of hydrogen-bond acceptors (Lipinski definition) is 4. The summed E-state index contributed by atoms with van der Waals surface area (Å²) in [6.45, 7) is 2.90. The SMILES string of the molecule is COCC(C)CNC(=O)N1C[C@H](O)C[C@@H]1C(=O)O. The van der Waals surface area contributed by atoms with E-state index in [1.807, 2.05) is 6.92 Å². The van der Waals surface area contributed by atoms with Gasteiger partial charge in [-0.25, -0.2) is 9.59 Å². The molecule has 1 aliphatic rings. The number of nitrogens with zero attached hydrogens (tertiary/aromatic N) is 1. The van der Waals surface area contributed by atoms with Gasteiger partial charge in [0.15, 0.2) is 0 Å². The van der Waals surface area contributed by atoms with Crippen LogP contribution in [-0.2, 0) is 9.53 Å². The number of nitrogens with one attached hydrogen (secondary N) is 1. The summed E-state index contributed by atoms with van der Waals surface area (Å²) < 4.78 is 4.94. The number of likely N-dealkylation sites (tertiary alicyclic amines) is 1. The summed E-state index contributed by atoms with van der Waals surface area (Å²) in [5, 5.41) is 21.0. The predicted molar refractivity (Wildman–Crippen MR) is 63.2 cm³/mol. The van der Waals surface area contributed by atoms with Crippen molar-refractivity contribution < 1.29 is 24.5 Å². The molecule has 0 saturated carbocycles. The molecule has 2 amide bonds. The highest BCUT2D eigenvalue weighted by Crippen LogP contribution is 2.18. The van der Waals surface area contributed by atoms with Gasteiger partial charge < -0.3 is 25.2 Å². The normalized spacial score (nSPS) is 24.9. The first-order valence-corrected chi connectivity index (χ1v) is 5.90. The third-order valence-corrected chi connectivity index (χ3v) is 2.88. The van der Waals surface area contributed by atoms with Crippen LogP contribution in [0.1, 0.15) is 13.3 Å². The van der Waals surface area contributed by atoms with E-state index in [9.17, 15) is 14.7 Å². The maximum atomic E-state index is 11.8. The number of carbonyl (C=O) groups is 2. The zero-order chi connectivity index (χ0) is 13.7. The average Bonchev–Trinajstić information content (AvgIpc) is 2.69. The van der Waals surface area contributed by atoms with Crippen molar-refractivity contribution in [2.75, 3.05) is 26.8 Å². The number of carboxylic acids is 1. The molecule has 0 aromatic rings. The number of methoxy groups -OCH3 is 1. The van der Waals surface area contributed by atoms with Gasteiger partial charge >= 0.3 is 12.0 Å². The standard InChI is InChI=1S/C11H20N2O5/c1-7(6-18-2)4-12-11(17)13-5-8(14)3-9(13)10(15)16/h7-9,14H,3-6H2,1-2H3,(H,12,17)(H,15,16)/t7?,8-,9-/m1/s1. The minimum Gasteiger partial charge on any atom is -0.480 e. The molecule has 0 radical (unpaired) electrons. The molecule has 3 N–H and O–H groups in total. The van der Waals surface area contributed by atoms with Gasteiger partial charge in [0.05, 0.1) is 12.7 Å². The number of aliphatic carboxylic acids is 1. The molecule has 104 valence electrons. The van der Waals surface area contributed by atoms with Gasteiger partial charge in [0.1, 0.15) is 6.04 Å². The van der Waals surface area contributed by atoms with Gasteiger partial charge in [-0.2, -0.15) is 0 Å². The van der Waals surface area contributed by atoms with Crippen molar-refractivity contribution in [3.05, 3.63) is 0 Å². The van der Waals surface area contributed by atoms with Gasteiger partial charge in [-0.3, -0.25) is 0 Å². The Morgan fingerprint density at radius 1 is 1.56 bits per heavy atom. The highest BCUT2D eigenvalue weighted by Gasteiger charge is 2.38. The van der Waals surface area contributed by atoms with E-state index >= 15 is 0 Å². The van der Waals surface area contributed by atoms with Crippen molar-refractivity contribution in [3.8, 4) is 0 Å². The molecule has 0 aliphatic carbocycles. The van der Waals surface area contributed by atoms with Crippen LogP contribution in [-0.4, -0.2) is 66.1 Å². The average molecular weight is 260 g/mol. The summed E-state index contributed by atoms with van der Waals surface area (Å²) in [5.74, 6) is -0.943. The molecule has 1 aliphatic heterocycles. The second kappa shape index (κ2) is 6.55. The lowest BCUT2D eigenvalue weighted by molar-refractivity contribution is -0.141. The van der Waals surface area contributed by atoms with E-state index in [0.717, 1.165) is 4.90 Å². The quantitative estimate of drug-likeness (QED) is 0.619. The zero-order valence-electron chi connectivity index (χ0n) is 10.6. The van der Waals surface area contributed by atoms with Crippen molar-refractivity contribution in [1.82, 2.24) is 10.2 Å². The molecule has 1 unspecified atom stereocenters. The summed E-state index contributed by atoms with van der Waals surface area (Å²) in [6.07, 6.45) is -0.690. The van der Waals surface area contributed by atoms with Crippen LogP contribution in [0.4, 0.5) is 4.79 Å². The smallest absolute Gasteiger partial charge is 0.326 e. The van der Waals surface area contributed by atoms with E-state index in [1.165, 1.54) is 0 Å². The van der Waals surface area contributed by atoms with Gasteiger partial charge in [0.25, 0.3) is 0 Å². The Kier molecular flexibility index (Phi) is 5.36. The van der Waals surface area contributed by atoms with Crippen LogP contribution in [0.5, 0.6) is 0 Å². The van der Waals surface area contributed by atoms with Gasteiger partial charge in [-0.05, 0) is 5.92 Å². The summed E-state index contributed by atoms with van der Waals surface area (Å²) >= 11 is 0. The van der Waals surface area contributed by atoms with E-state index < -0.39 is 24.1 Å². The Bertz CT molecular complexity index is 310. The van der Waals surface area contributed by atoms with Crippen LogP contribution in [0.25, 0.3) is 0 Å². The number of urea groups is 1. The first-order chi connectivity index (χ1) is 8.45. The van der Waals surface area contributed by atoms with Crippen LogP contribution in [0, 0.1) is 5.92 Å². The van der Waals surface area contributed by atoms with Crippen molar-refractivity contribution in [1.29, 1.82) is 0 Å². The molecule has 1 rings (SSSR count). The van der Waals surface area contributed by atoms with E-state index in [-0.39, 0.29) is 18.9 Å². The predicted octanol–water partition coefficient (Wildman–Crippen LogP) is -0.502. The fraction of sp³-hybridized carbons (Fsp3) is 0.818. The molecule has 1 fully saturated rings. The molecule has 0 aromatic carbocycles. The lowest BCUT2D eigenvalue weighted by Crippen LogP contribution is -2.47. The summed E-state index contributed by atoms with van der Waals surface area (Å²) in [4.78, 5) is 23.9. The molecule has 7 heteroatoms. The molecular formula is C11H20N2O5. The molecular weight excluding hydrogens is 240 g/mol. The fourth-order valence-electron chi connectivity index (χ4n) is 1.98. The van der Waals surface area contributed by atoms with Gasteiger partial charge in [0, 0.05) is 26.6 Å². The van der Waals surface area contributed by atoms with Gasteiger partial charge in [0.2, 0.25) is 0 Å². The third kappa shape index (κ3) is 3.85. The first-order valence-electron chi connectivity index (χ1n) is 5.90. The molecule has 0 bridgehead atoms. The van der Waals surface area contributed by atoms with Gasteiger partial charge in [-0.1, -0.05) is 6.92 Å². The lowest BCUT2D eigenvalue weighted by atomic mass is 10.2. The molecule has 18 heavy (non-hydrogen) atoms. The third-order valence-electron chi connectivity index (χ3n) is 2.88. The molecule has 7 nitrogen and oxygen atoms in total. The summed E-state index contributed by atoms with van der Waals surface area (Å²) in [7, 11) is 1.58. The molecule has 1 heterocycles. The topological polar surface area (TPSA) is 99.1 Å². The van der Waals surface area contributed by atoms with E-state index in [2.05, 4.69) is 5.32 Å². The van der Waals surface area contributed by atoms with Gasteiger partial charge in [-0.15, -0.1) is 0 Å². The molecule has 0 spiro atoms. The number of ether oxygens (including phenoxy) is 1. The van der Waals surface area contributed by atoms with E-state index in [4.69, 9.17) is 9.84 Å². The summed E-state index contributed by atoms with van der Waals surface area (Å²) in [6, 6.07) is -1.40. The van der Waals surface area contributed by atoms with Crippen LogP contribution in [0.2, 0.25) is 0 Å². The monoisotopic (exact) mass is 260 g/mol. The number of carboxylic acid groups (broad SMARTS) is 1. The van der Waals surface area contributed by atoms with E-state index in [0.29, 0.717) is 13.2 Å². The van der Waals surface area contributed by atoms with Crippen molar-refractivity contribution in [2.45, 2.75) is 25.5 Å². The van der Waals surface area contributed by atoms with Crippen molar-refractivity contribution in [2.24, 2.45) is 5.92 Å². The van der Waals surface area contributed by atoms with Crippen LogP contribution in [0.15, 0.2) is 0 Å². The van der Waals surface area contributed by atoms with E-state index in [1.54, 1.807) is 7.11 Å². The Morgan fingerprint density at radius 2 is 2.22 bits per heavy atom. The molecule has 3 atom stereocenters. The summed E-state index contributed by atoms with van der Waals surface area (Å²) in [5.41, 5.74) is 0. The highest BCUT2D eigenvalue weighted by atomic mass is 16.5. The Balaban J connectivity index is 2.47. The van der Waals surface area contributed by atoms with Crippen molar-refractivity contribution >= 4 is 12.0 Å². The largest absolute Gasteiger partial charge is 0.480 e. The number of hydrogen-bond donors (Lipinski definition) is 3. The Labute approximate surface area is 106 Å². The number of rotatable bonds is 5. The lowest BCUT2D eigenvalue weighted by Gasteiger charge is -2.22. The highest BCUT2D eigenvalue weighted by molar-refractivity contribution is 5.83. The zero-order valence-corrected chi connectivity index (χ0v) is 10.6. The maximum Gasteiger partial charge on any atom is 0.326 e. The Hall–Kier alpha value is -1.34. The van der Waals surface area contributed by atoms with Crippen LogP contribution < -0.4 is 5.32 Å². The van der Waals surface area contributed by atoms with Crippen LogP contribution >= 0.6 is 0 Å². The minimum atomic E-state index is -1.09. The number of β-amino-alcohol motifs (C(OH)–C–C–N with tert-alkyl or cyclic N) is 1. The number of carbonyl (C=O) groups excluding carboxylic acids is 1. The number of amides is 2. The molecule has 1 saturated heterocycles. The number of aliphatic hydroxyl groups is 1. The second-order valence-corrected chi connectivity index (χ2v) is 4.64.